The molecule has 0 aromatic carbocycles. The van der Waals surface area contributed by atoms with Crippen LogP contribution in [0, 0.1) is 0 Å². The molecule has 0 amide bonds. The van der Waals surface area contributed by atoms with Crippen molar-refractivity contribution in [1.29, 1.82) is 0 Å². The average Bonchev–Trinajstić information content (AvgIpc) is 2.84. The van der Waals surface area contributed by atoms with E-state index in [0.29, 0.717) is 18.2 Å². The molecule has 13 heavy (non-hydrogen) atoms. The molecule has 3 nitrogen and oxygen atoms in total. The number of halogens is 1. The van der Waals surface area contributed by atoms with Gasteiger partial charge in [0.2, 0.25) is 0 Å². The lowest BCUT2D eigenvalue weighted by Gasteiger charge is -1.97. The van der Waals surface area contributed by atoms with E-state index in [0.717, 1.165) is 5.69 Å². The van der Waals surface area contributed by atoms with E-state index in [2.05, 4.69) is 5.10 Å². The van der Waals surface area contributed by atoms with Crippen molar-refractivity contribution < 1.29 is 4.79 Å². The van der Waals surface area contributed by atoms with Gasteiger partial charge in [0.1, 0.15) is 5.69 Å². The predicted octanol–water partition coefficient (Wildman–Crippen LogP) is 2.16. The topological polar surface area (TPSA) is 34.9 Å². The van der Waals surface area contributed by atoms with E-state index in [1.54, 1.807) is 4.68 Å². The van der Waals surface area contributed by atoms with Crippen molar-refractivity contribution in [3.8, 4) is 0 Å². The fraction of sp³-hybridized carbons (Fsp3) is 0.556. The zero-order valence-electron chi connectivity index (χ0n) is 7.46. The van der Waals surface area contributed by atoms with Crippen LogP contribution in [0.5, 0.6) is 0 Å². The SMILES string of the molecule is CCn1nc(C2CC2)cc1C(=O)Cl. The largest absolute Gasteiger partial charge is 0.274 e. The summed E-state index contributed by atoms with van der Waals surface area (Å²) < 4.78 is 1.67. The van der Waals surface area contributed by atoms with E-state index >= 15 is 0 Å². The third-order valence-corrected chi connectivity index (χ3v) is 2.49. The smallest absolute Gasteiger partial charge is 0.270 e. The Morgan fingerprint density at radius 2 is 2.46 bits per heavy atom. The summed E-state index contributed by atoms with van der Waals surface area (Å²) in [4.78, 5) is 11.0. The molecule has 1 aromatic rings. The Bertz CT molecular complexity index is 341. The number of carbonyl (C=O) groups excluding carboxylic acids is 1. The Morgan fingerprint density at radius 1 is 1.77 bits per heavy atom. The standard InChI is InChI=1S/C9H11ClN2O/c1-2-12-8(9(10)13)5-7(11-12)6-3-4-6/h5-6H,2-4H2,1H3. The van der Waals surface area contributed by atoms with E-state index in [9.17, 15) is 4.79 Å². The molecule has 1 saturated carbocycles. The number of hydrogen-bond acceptors (Lipinski definition) is 2. The van der Waals surface area contributed by atoms with Crippen molar-refractivity contribution in [1.82, 2.24) is 9.78 Å². The van der Waals surface area contributed by atoms with Crippen molar-refractivity contribution in [3.63, 3.8) is 0 Å². The number of aromatic nitrogens is 2. The van der Waals surface area contributed by atoms with Gasteiger partial charge in [0.25, 0.3) is 5.24 Å². The minimum absolute atomic E-state index is 0.416. The minimum atomic E-state index is -0.416. The molecular weight excluding hydrogens is 188 g/mol. The molecule has 0 bridgehead atoms. The maximum absolute atomic E-state index is 11.0. The van der Waals surface area contributed by atoms with Crippen LogP contribution < -0.4 is 0 Å². The first-order valence-electron chi connectivity index (χ1n) is 4.50. The molecule has 0 spiro atoms. The van der Waals surface area contributed by atoms with Crippen LogP contribution in [0.2, 0.25) is 0 Å². The third-order valence-electron chi connectivity index (χ3n) is 2.30. The van der Waals surface area contributed by atoms with Gasteiger partial charge in [-0.05, 0) is 37.4 Å². The summed E-state index contributed by atoms with van der Waals surface area (Å²) in [5.41, 5.74) is 1.54. The molecule has 2 rings (SSSR count). The molecule has 0 N–H and O–H groups in total. The van der Waals surface area contributed by atoms with Gasteiger partial charge in [0.05, 0.1) is 5.69 Å². The lowest BCUT2D eigenvalue weighted by atomic mass is 10.3. The molecule has 1 aliphatic rings. The van der Waals surface area contributed by atoms with Gasteiger partial charge in [-0.3, -0.25) is 9.48 Å². The average molecular weight is 199 g/mol. The number of rotatable bonds is 3. The first-order valence-corrected chi connectivity index (χ1v) is 4.87. The highest BCUT2D eigenvalue weighted by Crippen LogP contribution is 2.39. The number of nitrogens with zero attached hydrogens (tertiary/aromatic N) is 2. The zero-order chi connectivity index (χ0) is 9.42. The highest BCUT2D eigenvalue weighted by Gasteiger charge is 2.27. The molecule has 0 unspecified atom stereocenters. The highest BCUT2D eigenvalue weighted by atomic mass is 35.5. The first kappa shape index (κ1) is 8.75. The first-order chi connectivity index (χ1) is 6.22. The van der Waals surface area contributed by atoms with Crippen LogP contribution in [0.3, 0.4) is 0 Å². The van der Waals surface area contributed by atoms with Crippen LogP contribution in [-0.4, -0.2) is 15.0 Å². The molecule has 4 heteroatoms. The predicted molar refractivity (Wildman–Crippen MR) is 50.1 cm³/mol. The van der Waals surface area contributed by atoms with Gasteiger partial charge in [-0.1, -0.05) is 0 Å². The second-order valence-electron chi connectivity index (χ2n) is 3.32. The Balaban J connectivity index is 2.36. The van der Waals surface area contributed by atoms with E-state index < -0.39 is 5.24 Å². The third kappa shape index (κ3) is 1.61. The summed E-state index contributed by atoms with van der Waals surface area (Å²) in [5, 5.41) is 3.91. The van der Waals surface area contributed by atoms with Crippen molar-refractivity contribution in [2.75, 3.05) is 0 Å². The zero-order valence-corrected chi connectivity index (χ0v) is 8.21. The summed E-state index contributed by atoms with van der Waals surface area (Å²) in [5.74, 6) is 0.572. The lowest BCUT2D eigenvalue weighted by Crippen LogP contribution is -2.04. The Labute approximate surface area is 81.7 Å². The van der Waals surface area contributed by atoms with Gasteiger partial charge >= 0.3 is 0 Å². The molecule has 0 radical (unpaired) electrons. The van der Waals surface area contributed by atoms with E-state index in [4.69, 9.17) is 11.6 Å². The van der Waals surface area contributed by atoms with Gasteiger partial charge in [-0.15, -0.1) is 0 Å². The molecule has 0 atom stereocenters. The normalized spacial score (nSPS) is 16.2. The quantitative estimate of drug-likeness (QED) is 0.698. The van der Waals surface area contributed by atoms with Gasteiger partial charge in [0, 0.05) is 12.5 Å². The number of hydrogen-bond donors (Lipinski definition) is 0. The van der Waals surface area contributed by atoms with Crippen molar-refractivity contribution in [3.05, 3.63) is 17.5 Å². The number of carbonyl (C=O) groups is 1. The van der Waals surface area contributed by atoms with Crippen molar-refractivity contribution in [2.24, 2.45) is 0 Å². The number of aryl methyl sites for hydroxylation is 1. The fourth-order valence-corrected chi connectivity index (χ4v) is 1.57. The van der Waals surface area contributed by atoms with Gasteiger partial charge in [-0.2, -0.15) is 5.10 Å². The van der Waals surface area contributed by atoms with Crippen molar-refractivity contribution in [2.45, 2.75) is 32.2 Å². The summed E-state index contributed by atoms with van der Waals surface area (Å²) in [6, 6.07) is 1.82. The Hall–Kier alpha value is -0.830. The molecule has 0 aliphatic heterocycles. The van der Waals surface area contributed by atoms with E-state index in [1.807, 2.05) is 13.0 Å². The fourth-order valence-electron chi connectivity index (χ4n) is 1.41. The van der Waals surface area contributed by atoms with Gasteiger partial charge < -0.3 is 0 Å². The monoisotopic (exact) mass is 198 g/mol. The lowest BCUT2D eigenvalue weighted by molar-refractivity contribution is 0.107. The molecule has 0 saturated heterocycles. The van der Waals surface area contributed by atoms with E-state index in [-0.39, 0.29) is 0 Å². The summed E-state index contributed by atoms with van der Waals surface area (Å²) in [7, 11) is 0. The van der Waals surface area contributed by atoms with Gasteiger partial charge in [0.15, 0.2) is 0 Å². The second-order valence-corrected chi connectivity index (χ2v) is 3.66. The van der Waals surface area contributed by atoms with Crippen molar-refractivity contribution >= 4 is 16.8 Å². The van der Waals surface area contributed by atoms with Crippen LogP contribution in [0.15, 0.2) is 6.07 Å². The van der Waals surface area contributed by atoms with Crippen LogP contribution in [0.25, 0.3) is 0 Å². The van der Waals surface area contributed by atoms with Crippen LogP contribution in [0.4, 0.5) is 0 Å². The van der Waals surface area contributed by atoms with Crippen LogP contribution in [0.1, 0.15) is 41.9 Å². The minimum Gasteiger partial charge on any atom is -0.274 e. The molecule has 1 heterocycles. The Morgan fingerprint density at radius 3 is 2.85 bits per heavy atom. The summed E-state index contributed by atoms with van der Waals surface area (Å²) >= 11 is 5.43. The Kier molecular flexibility index (Phi) is 2.12. The maximum Gasteiger partial charge on any atom is 0.270 e. The van der Waals surface area contributed by atoms with Crippen LogP contribution >= 0.6 is 11.6 Å². The molecule has 1 fully saturated rings. The molecular formula is C9H11ClN2O. The molecule has 1 aliphatic carbocycles. The molecule has 70 valence electrons. The van der Waals surface area contributed by atoms with Gasteiger partial charge in [-0.25, -0.2) is 0 Å². The molecule has 1 aromatic heterocycles. The second kappa shape index (κ2) is 3.14. The van der Waals surface area contributed by atoms with E-state index in [1.165, 1.54) is 12.8 Å². The maximum atomic E-state index is 11.0. The highest BCUT2D eigenvalue weighted by molar-refractivity contribution is 6.67. The van der Waals surface area contributed by atoms with Crippen LogP contribution in [-0.2, 0) is 6.54 Å². The summed E-state index contributed by atoms with van der Waals surface area (Å²) in [6.07, 6.45) is 2.38. The summed E-state index contributed by atoms with van der Waals surface area (Å²) in [6.45, 7) is 2.65.